The first-order valence-electron chi connectivity index (χ1n) is 12.0. The van der Waals surface area contributed by atoms with E-state index < -0.39 is 77.5 Å². The lowest BCUT2D eigenvalue weighted by atomic mass is 10.1. The first-order valence-corrected chi connectivity index (χ1v) is 15.1. The fourth-order valence-corrected chi connectivity index (χ4v) is 5.77. The van der Waals surface area contributed by atoms with Gasteiger partial charge in [0.2, 0.25) is 0 Å². The van der Waals surface area contributed by atoms with Crippen molar-refractivity contribution in [3.05, 3.63) is 35.4 Å². The maximum absolute atomic E-state index is 12.9. The molecule has 8 atom stereocenters. The molecule has 3 unspecified atom stereocenters. The number of nitrogens with two attached hydrogens (primary N) is 2. The molecule has 9 N–H and O–H groups in total. The molecule has 0 aliphatic carbocycles. The third-order valence-electron chi connectivity index (χ3n) is 6.42. The van der Waals surface area contributed by atoms with Gasteiger partial charge < -0.3 is 45.8 Å². The second kappa shape index (κ2) is 11.6. The Labute approximate surface area is 234 Å². The molecule has 2 saturated heterocycles. The zero-order valence-corrected chi connectivity index (χ0v) is 23.0. The monoisotopic (exact) mass is 636 g/mol. The summed E-state index contributed by atoms with van der Waals surface area (Å²) in [6, 6.07) is 1.29. The Hall–Kier alpha value is -2.91. The molecule has 3 aromatic heterocycles. The van der Waals surface area contributed by atoms with Crippen molar-refractivity contribution in [2.75, 3.05) is 24.7 Å². The van der Waals surface area contributed by atoms with E-state index in [-0.39, 0.29) is 29.2 Å². The lowest BCUT2D eigenvalue weighted by Gasteiger charge is -2.22. The van der Waals surface area contributed by atoms with Gasteiger partial charge in [0.15, 0.2) is 17.7 Å². The lowest BCUT2D eigenvalue weighted by molar-refractivity contribution is -0.0588. The van der Waals surface area contributed by atoms with E-state index in [2.05, 4.69) is 24.5 Å². The molecule has 2 aliphatic heterocycles. The first kappa shape index (κ1) is 30.5. The van der Waals surface area contributed by atoms with Crippen LogP contribution in [0.1, 0.15) is 18.9 Å². The van der Waals surface area contributed by atoms with Crippen LogP contribution in [0.3, 0.4) is 0 Å². The van der Waals surface area contributed by atoms with Gasteiger partial charge in [-0.3, -0.25) is 22.7 Å². The summed E-state index contributed by atoms with van der Waals surface area (Å²) in [5, 5.41) is 21.1. The minimum Gasteiger partial charge on any atom is -0.387 e. The minimum atomic E-state index is -4.99. The molecule has 230 valence electrons. The van der Waals surface area contributed by atoms with Crippen LogP contribution in [0.2, 0.25) is 0 Å². The Bertz CT molecular complexity index is 1600. The summed E-state index contributed by atoms with van der Waals surface area (Å²) in [4.78, 5) is 56.3. The number of fused-ring (bicyclic) bond motifs is 1. The molecule has 5 rings (SSSR count). The third kappa shape index (κ3) is 6.52. The van der Waals surface area contributed by atoms with Crippen molar-refractivity contribution in [3.63, 3.8) is 0 Å². The summed E-state index contributed by atoms with van der Waals surface area (Å²) < 4.78 is 52.3. The molecule has 0 spiro atoms. The minimum absolute atomic E-state index is 0.0704. The van der Waals surface area contributed by atoms with Gasteiger partial charge in [-0.05, 0) is 6.07 Å². The maximum atomic E-state index is 12.9. The summed E-state index contributed by atoms with van der Waals surface area (Å²) in [6.45, 7) is -1.53. The van der Waals surface area contributed by atoms with Crippen LogP contribution in [0.25, 0.3) is 11.2 Å². The largest absolute Gasteiger partial charge is 0.472 e. The molecule has 0 saturated carbocycles. The number of aliphatic hydroxyl groups excluding tert-OH is 2. The first-order chi connectivity index (χ1) is 19.7. The summed E-state index contributed by atoms with van der Waals surface area (Å²) in [6.07, 6.45) is -6.12. The number of phosphoric ester groups is 2. The van der Waals surface area contributed by atoms with Crippen molar-refractivity contribution < 1.29 is 57.1 Å². The van der Waals surface area contributed by atoms with Crippen molar-refractivity contribution in [2.24, 2.45) is 0 Å². The van der Waals surface area contributed by atoms with Crippen LogP contribution in [0.15, 0.2) is 29.7 Å². The molecule has 2 fully saturated rings. The number of hydrogen-bond acceptors (Lipinski definition) is 16. The van der Waals surface area contributed by atoms with Gasteiger partial charge in [0.05, 0.1) is 19.5 Å². The number of ether oxygens (including phenoxy) is 2. The molecule has 0 radical (unpaired) electrons. The Kier molecular flexibility index (Phi) is 8.47. The number of aromatic nitrogens is 6. The summed E-state index contributed by atoms with van der Waals surface area (Å²) in [5.74, 6) is 0.00388. The Morgan fingerprint density at radius 1 is 1.00 bits per heavy atom. The van der Waals surface area contributed by atoms with Crippen molar-refractivity contribution in [2.45, 2.75) is 49.4 Å². The lowest BCUT2D eigenvalue weighted by Crippen LogP contribution is -2.34. The predicted molar refractivity (Wildman–Crippen MR) is 136 cm³/mol. The number of rotatable bonds is 10. The standard InChI is InChI=1S/C19H26N8O13P2/c20-11-1-2-26(19(30)25-11)12-3-8(9(38-12)4-36-41(31,32)33)40-42(34,35)37-5-10-14(28)15(29)18(39-10)27-7-24-13-16(21)22-6-23-17(13)27/h1-2,6-10,12,14-15,18,28-29H,3-5H2,(H,34,35)(H2,20,25,30)(H2,21,22,23)(H2,31,32,33)/t8-,9-,10?,12-,14?,15+,18-/m1/s1. The van der Waals surface area contributed by atoms with E-state index in [9.17, 15) is 29.0 Å². The van der Waals surface area contributed by atoms with Crippen molar-refractivity contribution in [1.82, 2.24) is 29.1 Å². The summed E-state index contributed by atoms with van der Waals surface area (Å²) >= 11 is 0. The molecule has 5 heterocycles. The number of imidazole rings is 1. The second-order valence-electron chi connectivity index (χ2n) is 9.23. The Morgan fingerprint density at radius 3 is 2.45 bits per heavy atom. The van der Waals surface area contributed by atoms with Crippen LogP contribution in [0, 0.1) is 0 Å². The van der Waals surface area contributed by atoms with Gasteiger partial charge in [-0.25, -0.2) is 28.9 Å². The zero-order chi connectivity index (χ0) is 30.4. The summed E-state index contributed by atoms with van der Waals surface area (Å²) in [7, 11) is -9.96. The second-order valence-corrected chi connectivity index (χ2v) is 11.9. The van der Waals surface area contributed by atoms with Gasteiger partial charge in [-0.1, -0.05) is 0 Å². The highest BCUT2D eigenvalue weighted by Crippen LogP contribution is 2.49. The number of hydrogen-bond donors (Lipinski definition) is 7. The van der Waals surface area contributed by atoms with Crippen molar-refractivity contribution >= 4 is 38.4 Å². The van der Waals surface area contributed by atoms with Crippen LogP contribution < -0.4 is 17.2 Å². The molecule has 0 aromatic carbocycles. The smallest absolute Gasteiger partial charge is 0.387 e. The summed E-state index contributed by atoms with van der Waals surface area (Å²) in [5.41, 5.74) is 10.9. The zero-order valence-electron chi connectivity index (χ0n) is 21.2. The average Bonchev–Trinajstić information content (AvgIpc) is 3.58. The van der Waals surface area contributed by atoms with E-state index in [1.54, 1.807) is 0 Å². The normalized spacial score (nSPS) is 29.7. The van der Waals surface area contributed by atoms with Gasteiger partial charge in [-0.15, -0.1) is 0 Å². The van der Waals surface area contributed by atoms with Gasteiger partial charge in [0.1, 0.15) is 54.4 Å². The fraction of sp³-hybridized carbons (Fsp3) is 0.526. The highest BCUT2D eigenvalue weighted by atomic mass is 31.2. The average molecular weight is 636 g/mol. The van der Waals surface area contributed by atoms with E-state index in [1.807, 2.05) is 0 Å². The number of phosphoric acid groups is 2. The van der Waals surface area contributed by atoms with Crippen LogP contribution >= 0.6 is 15.6 Å². The molecular formula is C19H26N8O13P2. The number of nitrogen functional groups attached to an aromatic ring is 2. The van der Waals surface area contributed by atoms with E-state index in [0.717, 1.165) is 4.57 Å². The highest BCUT2D eigenvalue weighted by molar-refractivity contribution is 7.47. The molecule has 2 aliphatic rings. The maximum Gasteiger partial charge on any atom is 0.472 e. The Morgan fingerprint density at radius 2 is 1.74 bits per heavy atom. The topological polar surface area (TPSA) is 312 Å². The van der Waals surface area contributed by atoms with Crippen LogP contribution in [0.5, 0.6) is 0 Å². The van der Waals surface area contributed by atoms with Gasteiger partial charge in [0.25, 0.3) is 0 Å². The van der Waals surface area contributed by atoms with E-state index in [4.69, 9.17) is 39.8 Å². The number of nitrogens with zero attached hydrogens (tertiary/aromatic N) is 6. The third-order valence-corrected chi connectivity index (χ3v) is 7.92. The van der Waals surface area contributed by atoms with Gasteiger partial charge in [-0.2, -0.15) is 4.98 Å². The van der Waals surface area contributed by atoms with E-state index >= 15 is 0 Å². The van der Waals surface area contributed by atoms with Crippen molar-refractivity contribution in [1.29, 1.82) is 0 Å². The van der Waals surface area contributed by atoms with Crippen LogP contribution in [-0.4, -0.2) is 97.7 Å². The SMILES string of the molecule is Nc1ccn([C@H]2C[C@@H](OP(=O)(O)OCC3O[C@@H](n4cnc5c(N)ncnc54)[C@@H](O)C3O)[C@@H](COP(=O)(O)O)O2)c(=O)n1. The predicted octanol–water partition coefficient (Wildman–Crippen LogP) is -2.23. The number of aliphatic hydroxyl groups is 2. The molecule has 3 aromatic rings. The molecule has 42 heavy (non-hydrogen) atoms. The Balaban J connectivity index is 1.26. The molecule has 0 amide bonds. The van der Waals surface area contributed by atoms with E-state index in [0.29, 0.717) is 0 Å². The van der Waals surface area contributed by atoms with E-state index in [1.165, 1.54) is 29.5 Å². The van der Waals surface area contributed by atoms with Crippen LogP contribution in [0.4, 0.5) is 11.6 Å². The van der Waals surface area contributed by atoms with Crippen LogP contribution in [-0.2, 0) is 32.2 Å². The van der Waals surface area contributed by atoms with Gasteiger partial charge in [0, 0.05) is 12.6 Å². The van der Waals surface area contributed by atoms with Gasteiger partial charge >= 0.3 is 21.3 Å². The highest BCUT2D eigenvalue weighted by Gasteiger charge is 2.47. The molecular weight excluding hydrogens is 610 g/mol. The fourth-order valence-electron chi connectivity index (χ4n) is 4.47. The molecule has 21 nitrogen and oxygen atoms in total. The molecule has 23 heteroatoms. The quantitative estimate of drug-likeness (QED) is 0.116. The number of anilines is 2. The van der Waals surface area contributed by atoms with Crippen molar-refractivity contribution in [3.8, 4) is 0 Å². The molecule has 0 bridgehead atoms.